The molecule has 1 fully saturated rings. The summed E-state index contributed by atoms with van der Waals surface area (Å²) in [6.45, 7) is 2.75. The monoisotopic (exact) mass is 382 g/mol. The van der Waals surface area contributed by atoms with E-state index in [4.69, 9.17) is 4.74 Å². The second-order valence-electron chi connectivity index (χ2n) is 7.16. The van der Waals surface area contributed by atoms with Crippen molar-refractivity contribution in [1.82, 2.24) is 20.2 Å². The number of carbonyl (C=O) groups excluding carboxylic acids is 1. The highest BCUT2D eigenvalue weighted by Gasteiger charge is 2.29. The molecule has 5 rings (SSSR count). The molecule has 5 heterocycles. The Hall–Kier alpha value is -3.07. The van der Waals surface area contributed by atoms with Crippen LogP contribution in [0.4, 0.5) is 5.82 Å². The van der Waals surface area contributed by atoms with Crippen molar-refractivity contribution < 1.29 is 14.6 Å². The Balaban J connectivity index is 1.41. The third kappa shape index (κ3) is 2.88. The van der Waals surface area contributed by atoms with Gasteiger partial charge in [-0.1, -0.05) is 0 Å². The highest BCUT2D eigenvalue weighted by Crippen LogP contribution is 2.34. The van der Waals surface area contributed by atoms with Crippen LogP contribution < -0.4 is 15.1 Å². The van der Waals surface area contributed by atoms with Crippen LogP contribution in [0, 0.1) is 0 Å². The zero-order valence-electron chi connectivity index (χ0n) is 15.4. The fraction of sp³-hybridized carbons (Fsp3) is 0.421. The minimum absolute atomic E-state index is 0.0171. The van der Waals surface area contributed by atoms with E-state index in [2.05, 4.69) is 15.5 Å². The lowest BCUT2D eigenvalue weighted by molar-refractivity contribution is 0.0671. The van der Waals surface area contributed by atoms with E-state index in [0.717, 1.165) is 31.6 Å². The number of fused-ring (bicyclic) bond motifs is 2. The summed E-state index contributed by atoms with van der Waals surface area (Å²) in [7, 11) is 0. The average Bonchev–Trinajstić information content (AvgIpc) is 3.13. The van der Waals surface area contributed by atoms with Gasteiger partial charge < -0.3 is 19.6 Å². The van der Waals surface area contributed by atoms with Crippen molar-refractivity contribution in [2.24, 2.45) is 5.10 Å². The second-order valence-corrected chi connectivity index (χ2v) is 7.16. The molecular formula is C19H22N6O3. The minimum atomic E-state index is -0.845. The van der Waals surface area contributed by atoms with Crippen molar-refractivity contribution in [2.45, 2.75) is 25.6 Å². The molecule has 1 aromatic rings. The number of carbonyl (C=O) groups is 1. The fourth-order valence-corrected chi connectivity index (χ4v) is 3.89. The molecule has 28 heavy (non-hydrogen) atoms. The molecule has 0 radical (unpaired) electrons. The van der Waals surface area contributed by atoms with Gasteiger partial charge in [-0.2, -0.15) is 5.10 Å². The molecule has 0 aromatic carbocycles. The molecule has 0 saturated carbocycles. The van der Waals surface area contributed by atoms with Gasteiger partial charge in [0.2, 0.25) is 6.35 Å². The van der Waals surface area contributed by atoms with Crippen molar-refractivity contribution in [3.05, 3.63) is 41.9 Å². The van der Waals surface area contributed by atoms with E-state index in [1.165, 1.54) is 6.42 Å². The predicted octanol–water partition coefficient (Wildman–Crippen LogP) is 0.812. The molecule has 9 heteroatoms. The third-order valence-electron chi connectivity index (χ3n) is 5.37. The van der Waals surface area contributed by atoms with Crippen LogP contribution in [-0.4, -0.2) is 64.2 Å². The number of hydrogen-bond acceptors (Lipinski definition) is 8. The highest BCUT2D eigenvalue weighted by atomic mass is 16.5. The maximum Gasteiger partial charge on any atom is 0.255 e. The SMILES string of the molecule is O=C(c1cnc2c(c1)OCCN2C1=CC2=NNC(O)N2C=C1)N1CCCCC1. The minimum Gasteiger partial charge on any atom is -0.488 e. The van der Waals surface area contributed by atoms with Crippen LogP contribution in [0.3, 0.4) is 0 Å². The summed E-state index contributed by atoms with van der Waals surface area (Å²) in [4.78, 5) is 22.9. The number of rotatable bonds is 2. The number of hydrogen-bond donors (Lipinski definition) is 2. The molecule has 9 nitrogen and oxygen atoms in total. The highest BCUT2D eigenvalue weighted by molar-refractivity contribution is 5.97. The molecule has 0 bridgehead atoms. The summed E-state index contributed by atoms with van der Waals surface area (Å²) in [6.07, 6.45) is 9.65. The summed E-state index contributed by atoms with van der Waals surface area (Å²) in [5, 5.41) is 13.9. The smallest absolute Gasteiger partial charge is 0.255 e. The number of ether oxygens (including phenoxy) is 1. The number of hydrazone groups is 1. The number of amides is 1. The van der Waals surface area contributed by atoms with E-state index in [1.807, 2.05) is 22.0 Å². The number of piperidine rings is 1. The molecule has 0 aliphatic carbocycles. The van der Waals surface area contributed by atoms with Gasteiger partial charge >= 0.3 is 0 Å². The molecule has 146 valence electrons. The van der Waals surface area contributed by atoms with Crippen molar-refractivity contribution in [3.8, 4) is 5.75 Å². The van der Waals surface area contributed by atoms with Crippen LogP contribution in [0.25, 0.3) is 0 Å². The van der Waals surface area contributed by atoms with Gasteiger partial charge in [0.15, 0.2) is 17.4 Å². The molecule has 1 unspecified atom stereocenters. The van der Waals surface area contributed by atoms with Gasteiger partial charge in [-0.05, 0) is 31.4 Å². The molecule has 2 N–H and O–H groups in total. The van der Waals surface area contributed by atoms with E-state index in [-0.39, 0.29) is 5.91 Å². The fourth-order valence-electron chi connectivity index (χ4n) is 3.89. The maximum atomic E-state index is 12.8. The van der Waals surface area contributed by atoms with Crippen LogP contribution in [0.2, 0.25) is 0 Å². The van der Waals surface area contributed by atoms with Crippen molar-refractivity contribution in [1.29, 1.82) is 0 Å². The topological polar surface area (TPSA) is 93.5 Å². The Labute approximate surface area is 162 Å². The number of aliphatic hydroxyl groups excluding tert-OH is 1. The van der Waals surface area contributed by atoms with Crippen LogP contribution in [0.1, 0.15) is 29.6 Å². The molecule has 1 atom stereocenters. The molecule has 1 saturated heterocycles. The molecule has 1 amide bonds. The van der Waals surface area contributed by atoms with E-state index in [0.29, 0.717) is 36.1 Å². The summed E-state index contributed by atoms with van der Waals surface area (Å²) in [5.41, 5.74) is 4.09. The molecule has 4 aliphatic rings. The largest absolute Gasteiger partial charge is 0.488 e. The summed E-state index contributed by atoms with van der Waals surface area (Å²) < 4.78 is 5.81. The molecular weight excluding hydrogens is 360 g/mol. The predicted molar refractivity (Wildman–Crippen MR) is 102 cm³/mol. The van der Waals surface area contributed by atoms with Gasteiger partial charge in [0.1, 0.15) is 6.61 Å². The standard InChI is InChI=1S/C19H22N6O3/c26-18(23-5-2-1-3-6-23)13-10-15-17(20-12-13)24(8-9-28-15)14-4-7-25-16(11-14)21-22-19(25)27/h4,7,10-12,19,22,27H,1-3,5-6,8-9H2. The normalized spacial score (nSPS) is 23.3. The van der Waals surface area contributed by atoms with E-state index in [1.54, 1.807) is 23.4 Å². The van der Waals surface area contributed by atoms with Crippen LogP contribution in [0.15, 0.2) is 41.4 Å². The van der Waals surface area contributed by atoms with Gasteiger partial charge in [0, 0.05) is 37.3 Å². The Kier molecular flexibility index (Phi) is 4.16. The number of allylic oxidation sites excluding steroid dienone is 1. The number of anilines is 1. The first-order valence-corrected chi connectivity index (χ1v) is 9.60. The maximum absolute atomic E-state index is 12.8. The van der Waals surface area contributed by atoms with E-state index >= 15 is 0 Å². The van der Waals surface area contributed by atoms with Gasteiger partial charge in [0.05, 0.1) is 12.1 Å². The Bertz CT molecular complexity index is 890. The molecule has 4 aliphatic heterocycles. The first-order chi connectivity index (χ1) is 13.7. The number of nitrogens with zero attached hydrogens (tertiary/aromatic N) is 5. The number of pyridine rings is 1. The number of aromatic nitrogens is 1. The van der Waals surface area contributed by atoms with Crippen LogP contribution in [-0.2, 0) is 0 Å². The third-order valence-corrected chi connectivity index (χ3v) is 5.37. The van der Waals surface area contributed by atoms with Gasteiger partial charge in [-0.25, -0.2) is 4.98 Å². The first-order valence-electron chi connectivity index (χ1n) is 9.60. The van der Waals surface area contributed by atoms with E-state index in [9.17, 15) is 9.90 Å². The average molecular weight is 382 g/mol. The lowest BCUT2D eigenvalue weighted by atomic mass is 10.1. The van der Waals surface area contributed by atoms with E-state index < -0.39 is 6.35 Å². The number of nitrogens with one attached hydrogen (secondary N) is 1. The van der Waals surface area contributed by atoms with Gasteiger partial charge in [-0.15, -0.1) is 0 Å². The lowest BCUT2D eigenvalue weighted by Crippen LogP contribution is -2.39. The Morgan fingerprint density at radius 1 is 1.25 bits per heavy atom. The Morgan fingerprint density at radius 3 is 2.96 bits per heavy atom. The molecule has 0 spiro atoms. The van der Waals surface area contributed by atoms with Gasteiger partial charge in [0.25, 0.3) is 5.91 Å². The van der Waals surface area contributed by atoms with Crippen molar-refractivity contribution in [2.75, 3.05) is 31.1 Å². The van der Waals surface area contributed by atoms with Crippen LogP contribution >= 0.6 is 0 Å². The van der Waals surface area contributed by atoms with Gasteiger partial charge in [-0.3, -0.25) is 15.1 Å². The van der Waals surface area contributed by atoms with Crippen LogP contribution in [0.5, 0.6) is 5.75 Å². The number of aliphatic hydroxyl groups is 1. The first kappa shape index (κ1) is 17.1. The second kappa shape index (κ2) is 6.83. The lowest BCUT2D eigenvalue weighted by Gasteiger charge is -2.33. The number of amidine groups is 1. The zero-order chi connectivity index (χ0) is 19.1. The zero-order valence-corrected chi connectivity index (χ0v) is 15.4. The summed E-state index contributed by atoms with van der Waals surface area (Å²) in [6, 6.07) is 1.79. The summed E-state index contributed by atoms with van der Waals surface area (Å²) in [5.74, 6) is 1.94. The van der Waals surface area contributed by atoms with Crippen molar-refractivity contribution >= 4 is 17.6 Å². The number of likely N-dealkylation sites (tertiary alicyclic amines) is 1. The Morgan fingerprint density at radius 2 is 2.11 bits per heavy atom. The quantitative estimate of drug-likeness (QED) is 0.782. The molecule has 1 aromatic heterocycles. The van der Waals surface area contributed by atoms with Crippen molar-refractivity contribution in [3.63, 3.8) is 0 Å². The summed E-state index contributed by atoms with van der Waals surface area (Å²) >= 11 is 0.